The Hall–Kier alpha value is -3.99. The lowest BCUT2D eigenvalue weighted by Gasteiger charge is -2.30. The Balaban J connectivity index is 1.52. The SMILES string of the molecule is CCN(CC)C1CCN(C(C(=O)Nc2ccc(S(C)(=O)=O)cc2)c2ccc(C=CC(=O)Nc3ccccc3N)cc2)C1. The summed E-state index contributed by atoms with van der Waals surface area (Å²) in [7, 11) is -3.33. The number of hydrogen-bond donors (Lipinski definition) is 3. The molecule has 0 aliphatic carbocycles. The van der Waals surface area contributed by atoms with Crippen molar-refractivity contribution in [2.75, 3.05) is 48.8 Å². The Morgan fingerprint density at radius 3 is 2.29 bits per heavy atom. The van der Waals surface area contributed by atoms with Crippen LogP contribution in [-0.2, 0) is 19.4 Å². The fraction of sp³-hybridized carbons (Fsp3) is 0.312. The van der Waals surface area contributed by atoms with E-state index in [1.54, 1.807) is 42.5 Å². The lowest BCUT2D eigenvalue weighted by atomic mass is 10.0. The summed E-state index contributed by atoms with van der Waals surface area (Å²) in [5.41, 5.74) is 9.12. The number of nitrogens with two attached hydrogens (primary N) is 1. The maximum atomic E-state index is 13.7. The van der Waals surface area contributed by atoms with Crippen molar-refractivity contribution in [2.45, 2.75) is 37.2 Å². The number of nitrogens with one attached hydrogen (secondary N) is 2. The monoisotopic (exact) mass is 589 g/mol. The number of sulfone groups is 1. The van der Waals surface area contributed by atoms with Gasteiger partial charge < -0.3 is 16.4 Å². The average Bonchev–Trinajstić information content (AvgIpc) is 3.43. The molecule has 10 heteroatoms. The van der Waals surface area contributed by atoms with E-state index in [4.69, 9.17) is 5.73 Å². The summed E-state index contributed by atoms with van der Waals surface area (Å²) in [6.07, 6.45) is 5.28. The molecular weight excluding hydrogens is 550 g/mol. The highest BCUT2D eigenvalue weighted by Gasteiger charge is 2.35. The molecule has 4 N–H and O–H groups in total. The Morgan fingerprint density at radius 1 is 1.00 bits per heavy atom. The van der Waals surface area contributed by atoms with Gasteiger partial charge in [-0.1, -0.05) is 50.2 Å². The van der Waals surface area contributed by atoms with Gasteiger partial charge in [0.2, 0.25) is 11.8 Å². The number of benzene rings is 3. The molecule has 9 nitrogen and oxygen atoms in total. The van der Waals surface area contributed by atoms with E-state index in [0.717, 1.165) is 50.0 Å². The highest BCUT2D eigenvalue weighted by molar-refractivity contribution is 7.90. The van der Waals surface area contributed by atoms with Gasteiger partial charge in [0.25, 0.3) is 0 Å². The number of amides is 2. The van der Waals surface area contributed by atoms with E-state index in [9.17, 15) is 18.0 Å². The van der Waals surface area contributed by atoms with Gasteiger partial charge in [0.05, 0.1) is 16.3 Å². The van der Waals surface area contributed by atoms with Crippen LogP contribution in [0.2, 0.25) is 0 Å². The predicted molar refractivity (Wildman–Crippen MR) is 169 cm³/mol. The average molecular weight is 590 g/mol. The van der Waals surface area contributed by atoms with Crippen molar-refractivity contribution < 1.29 is 18.0 Å². The minimum atomic E-state index is -3.33. The van der Waals surface area contributed by atoms with Crippen LogP contribution in [0.4, 0.5) is 17.1 Å². The van der Waals surface area contributed by atoms with Crippen LogP contribution < -0.4 is 16.4 Å². The van der Waals surface area contributed by atoms with E-state index in [2.05, 4.69) is 34.3 Å². The van der Waals surface area contributed by atoms with Crippen LogP contribution in [0.15, 0.2) is 83.8 Å². The molecule has 0 radical (unpaired) electrons. The van der Waals surface area contributed by atoms with Crippen molar-refractivity contribution in [3.05, 3.63) is 90.0 Å². The summed E-state index contributed by atoms with van der Waals surface area (Å²) in [5, 5.41) is 5.76. The van der Waals surface area contributed by atoms with E-state index in [1.165, 1.54) is 18.2 Å². The second-order valence-corrected chi connectivity index (χ2v) is 12.4. The van der Waals surface area contributed by atoms with Crippen LogP contribution in [0, 0.1) is 0 Å². The number of anilines is 3. The number of likely N-dealkylation sites (N-methyl/N-ethyl adjacent to an activating group) is 1. The minimum absolute atomic E-state index is 0.189. The number of para-hydroxylation sites is 2. The third-order valence-electron chi connectivity index (χ3n) is 7.59. The van der Waals surface area contributed by atoms with Crippen LogP contribution in [0.25, 0.3) is 6.08 Å². The first-order valence-corrected chi connectivity index (χ1v) is 16.0. The number of rotatable bonds is 11. The van der Waals surface area contributed by atoms with Crippen molar-refractivity contribution in [3.8, 4) is 0 Å². The van der Waals surface area contributed by atoms with Crippen molar-refractivity contribution in [2.24, 2.45) is 0 Å². The van der Waals surface area contributed by atoms with Crippen molar-refractivity contribution in [3.63, 3.8) is 0 Å². The molecule has 42 heavy (non-hydrogen) atoms. The molecule has 3 aromatic carbocycles. The van der Waals surface area contributed by atoms with Crippen LogP contribution in [0.5, 0.6) is 0 Å². The molecule has 3 aromatic rings. The van der Waals surface area contributed by atoms with Crippen LogP contribution >= 0.6 is 0 Å². The van der Waals surface area contributed by atoms with Gasteiger partial charge >= 0.3 is 0 Å². The van der Waals surface area contributed by atoms with Gasteiger partial charge in [0.1, 0.15) is 6.04 Å². The molecule has 2 amide bonds. The third-order valence-corrected chi connectivity index (χ3v) is 8.71. The summed E-state index contributed by atoms with van der Waals surface area (Å²) >= 11 is 0. The van der Waals surface area contributed by atoms with Gasteiger partial charge in [-0.15, -0.1) is 0 Å². The highest BCUT2D eigenvalue weighted by Crippen LogP contribution is 2.29. The summed E-state index contributed by atoms with van der Waals surface area (Å²) in [5.74, 6) is -0.485. The second-order valence-electron chi connectivity index (χ2n) is 10.4. The second kappa shape index (κ2) is 13.8. The molecule has 1 fully saturated rings. The van der Waals surface area contributed by atoms with Gasteiger partial charge in [0, 0.05) is 37.2 Å². The first kappa shape index (κ1) is 31.0. The number of nitrogens with zero attached hydrogens (tertiary/aromatic N) is 2. The van der Waals surface area contributed by atoms with E-state index in [-0.39, 0.29) is 16.7 Å². The summed E-state index contributed by atoms with van der Waals surface area (Å²) in [6.45, 7) is 7.73. The van der Waals surface area contributed by atoms with Crippen molar-refractivity contribution >= 4 is 44.8 Å². The molecule has 1 heterocycles. The van der Waals surface area contributed by atoms with Gasteiger partial charge in [-0.3, -0.25) is 19.4 Å². The molecule has 0 aromatic heterocycles. The molecule has 1 aliphatic rings. The molecule has 2 atom stereocenters. The quantitative estimate of drug-likeness (QED) is 0.223. The van der Waals surface area contributed by atoms with E-state index in [1.807, 2.05) is 24.3 Å². The summed E-state index contributed by atoms with van der Waals surface area (Å²) in [4.78, 5) is 31.0. The molecule has 2 unspecified atom stereocenters. The van der Waals surface area contributed by atoms with E-state index in [0.29, 0.717) is 23.1 Å². The maximum Gasteiger partial charge on any atom is 0.248 e. The first-order chi connectivity index (χ1) is 20.1. The number of likely N-dealkylation sites (tertiary alicyclic amines) is 1. The number of nitrogen functional groups attached to an aromatic ring is 1. The highest BCUT2D eigenvalue weighted by atomic mass is 32.2. The van der Waals surface area contributed by atoms with Gasteiger partial charge in [-0.05, 0) is 73.1 Å². The fourth-order valence-electron chi connectivity index (χ4n) is 5.31. The van der Waals surface area contributed by atoms with Crippen LogP contribution in [-0.4, -0.2) is 68.5 Å². The van der Waals surface area contributed by atoms with Crippen LogP contribution in [0.3, 0.4) is 0 Å². The normalized spacial score (nSPS) is 16.5. The van der Waals surface area contributed by atoms with Crippen molar-refractivity contribution in [1.82, 2.24) is 9.80 Å². The lowest BCUT2D eigenvalue weighted by Crippen LogP contribution is -2.40. The van der Waals surface area contributed by atoms with Gasteiger partial charge in [-0.25, -0.2) is 8.42 Å². The van der Waals surface area contributed by atoms with Gasteiger partial charge in [0.15, 0.2) is 9.84 Å². The maximum absolute atomic E-state index is 13.7. The number of carbonyl (C=O) groups is 2. The molecule has 4 rings (SSSR count). The van der Waals surface area contributed by atoms with Gasteiger partial charge in [-0.2, -0.15) is 0 Å². The summed E-state index contributed by atoms with van der Waals surface area (Å²) < 4.78 is 23.7. The fourth-order valence-corrected chi connectivity index (χ4v) is 5.94. The Bertz CT molecular complexity index is 1520. The number of carbonyl (C=O) groups excluding carboxylic acids is 2. The Labute approximate surface area is 248 Å². The van der Waals surface area contributed by atoms with E-state index >= 15 is 0 Å². The molecule has 1 aliphatic heterocycles. The molecule has 0 spiro atoms. The standard InChI is InChI=1S/C32H39N5O4S/c1-4-36(5-2)26-20-21-37(22-26)31(32(39)34-25-15-17-27(18-16-25)42(3,40)41)24-13-10-23(11-14-24)12-19-30(38)35-29-9-7-6-8-28(29)33/h6-19,26,31H,4-5,20-22,33H2,1-3H3,(H,34,39)(H,35,38). The largest absolute Gasteiger partial charge is 0.397 e. The van der Waals surface area contributed by atoms with Crippen LogP contribution in [0.1, 0.15) is 37.4 Å². The predicted octanol–water partition coefficient (Wildman–Crippen LogP) is 4.42. The minimum Gasteiger partial charge on any atom is -0.397 e. The topological polar surface area (TPSA) is 125 Å². The van der Waals surface area contributed by atoms with E-state index < -0.39 is 15.9 Å². The Morgan fingerprint density at radius 2 is 1.67 bits per heavy atom. The Kier molecular flexibility index (Phi) is 10.2. The molecule has 0 bridgehead atoms. The number of hydrogen-bond acceptors (Lipinski definition) is 7. The first-order valence-electron chi connectivity index (χ1n) is 14.1. The zero-order valence-electron chi connectivity index (χ0n) is 24.3. The summed E-state index contributed by atoms with van der Waals surface area (Å²) in [6, 6.07) is 20.7. The molecule has 222 valence electrons. The molecule has 1 saturated heterocycles. The zero-order valence-corrected chi connectivity index (χ0v) is 25.1. The van der Waals surface area contributed by atoms with Crippen molar-refractivity contribution in [1.29, 1.82) is 0 Å². The zero-order chi connectivity index (χ0) is 30.3. The lowest BCUT2D eigenvalue weighted by molar-refractivity contribution is -0.121. The third kappa shape index (κ3) is 7.84. The molecule has 0 saturated carbocycles. The molecular formula is C32H39N5O4S. The smallest absolute Gasteiger partial charge is 0.248 e.